The number of phenols is 1. The second kappa shape index (κ2) is 3.25. The van der Waals surface area contributed by atoms with Crippen molar-refractivity contribution in [1.82, 2.24) is 0 Å². The van der Waals surface area contributed by atoms with Crippen LogP contribution in [0.25, 0.3) is 0 Å². The number of phenolic OH excluding ortho intramolecular Hbond substituents is 1. The second-order valence-corrected chi connectivity index (χ2v) is 2.90. The fourth-order valence-electron chi connectivity index (χ4n) is 0.706. The monoisotopic (exact) mass is 253 g/mol. The summed E-state index contributed by atoms with van der Waals surface area (Å²) in [6, 6.07) is 0.315. The molecule has 0 aliphatic rings. The normalized spacial score (nSPS) is 10.1. The van der Waals surface area contributed by atoms with Gasteiger partial charge >= 0.3 is 5.69 Å². The minimum absolute atomic E-state index is 0.315. The van der Waals surface area contributed by atoms with Crippen molar-refractivity contribution in [1.29, 1.82) is 0 Å². The Balaban J connectivity index is 3.50. The van der Waals surface area contributed by atoms with Gasteiger partial charge in [-0.25, -0.2) is 4.39 Å². The summed E-state index contributed by atoms with van der Waals surface area (Å²) in [4.78, 5) is 9.05. The second-order valence-electron chi connectivity index (χ2n) is 2.11. The van der Waals surface area contributed by atoms with Gasteiger partial charge in [-0.15, -0.1) is 0 Å². The summed E-state index contributed by atoms with van der Waals surface area (Å²) in [5.41, 5.74) is -1.03. The van der Waals surface area contributed by atoms with E-state index in [1.165, 1.54) is 0 Å². The average molecular weight is 254 g/mol. The highest BCUT2D eigenvalue weighted by molar-refractivity contribution is 9.10. The van der Waals surface area contributed by atoms with Crippen molar-refractivity contribution >= 4 is 21.6 Å². The van der Waals surface area contributed by atoms with Crippen LogP contribution in [0.3, 0.4) is 0 Å². The van der Waals surface area contributed by atoms with Crippen LogP contribution in [0.4, 0.5) is 14.5 Å². The summed E-state index contributed by atoms with van der Waals surface area (Å²) in [6.07, 6.45) is 0. The smallest absolute Gasteiger partial charge is 0.309 e. The van der Waals surface area contributed by atoms with E-state index < -0.39 is 32.5 Å². The molecule has 13 heavy (non-hydrogen) atoms. The average Bonchev–Trinajstić information content (AvgIpc) is 2.07. The van der Waals surface area contributed by atoms with Crippen LogP contribution in [-0.2, 0) is 0 Å². The van der Waals surface area contributed by atoms with E-state index in [4.69, 9.17) is 5.11 Å². The van der Waals surface area contributed by atoms with E-state index in [-0.39, 0.29) is 0 Å². The molecule has 0 radical (unpaired) electrons. The van der Waals surface area contributed by atoms with Crippen LogP contribution in [-0.4, -0.2) is 10.0 Å². The van der Waals surface area contributed by atoms with Gasteiger partial charge in [0.05, 0.1) is 11.0 Å². The number of halogens is 3. The van der Waals surface area contributed by atoms with E-state index >= 15 is 0 Å². The third-order valence-electron chi connectivity index (χ3n) is 1.31. The zero-order chi connectivity index (χ0) is 10.2. The zero-order valence-electron chi connectivity index (χ0n) is 5.92. The lowest BCUT2D eigenvalue weighted by molar-refractivity contribution is -0.387. The van der Waals surface area contributed by atoms with E-state index in [9.17, 15) is 18.9 Å². The first-order valence-corrected chi connectivity index (χ1v) is 3.75. The third-order valence-corrected chi connectivity index (χ3v) is 2.04. The number of hydrogen-bond acceptors (Lipinski definition) is 3. The Kier molecular flexibility index (Phi) is 2.46. The van der Waals surface area contributed by atoms with Crippen molar-refractivity contribution in [2.75, 3.05) is 0 Å². The maximum absolute atomic E-state index is 12.9. The summed E-state index contributed by atoms with van der Waals surface area (Å²) in [5.74, 6) is -3.54. The molecule has 0 spiro atoms. The van der Waals surface area contributed by atoms with Crippen LogP contribution in [0.5, 0.6) is 5.75 Å². The zero-order valence-corrected chi connectivity index (χ0v) is 7.51. The van der Waals surface area contributed by atoms with Crippen molar-refractivity contribution in [3.05, 3.63) is 32.3 Å². The number of nitro groups is 1. The highest BCUT2D eigenvalue weighted by Crippen LogP contribution is 2.34. The SMILES string of the molecule is O=[N+]([O-])c1cc(F)c(O)c(Br)c1F. The molecule has 1 aromatic carbocycles. The molecule has 4 nitrogen and oxygen atoms in total. The van der Waals surface area contributed by atoms with Crippen LogP contribution >= 0.6 is 15.9 Å². The molecule has 0 atom stereocenters. The Morgan fingerprint density at radius 2 is 2.08 bits per heavy atom. The summed E-state index contributed by atoms with van der Waals surface area (Å²) in [5, 5.41) is 18.9. The van der Waals surface area contributed by atoms with E-state index in [2.05, 4.69) is 15.9 Å². The van der Waals surface area contributed by atoms with Gasteiger partial charge in [-0.1, -0.05) is 0 Å². The Hall–Kier alpha value is -1.24. The predicted octanol–water partition coefficient (Wildman–Crippen LogP) is 2.34. The predicted molar refractivity (Wildman–Crippen MR) is 42.4 cm³/mol. The number of nitrogens with zero attached hydrogens (tertiary/aromatic N) is 1. The third kappa shape index (κ3) is 1.59. The first-order valence-electron chi connectivity index (χ1n) is 2.96. The van der Waals surface area contributed by atoms with Crippen LogP contribution < -0.4 is 0 Å². The number of hydrogen-bond donors (Lipinski definition) is 1. The van der Waals surface area contributed by atoms with Gasteiger partial charge in [-0.05, 0) is 15.9 Å². The summed E-state index contributed by atoms with van der Waals surface area (Å²) < 4.78 is 24.9. The summed E-state index contributed by atoms with van der Waals surface area (Å²) in [6.45, 7) is 0. The van der Waals surface area contributed by atoms with Crippen LogP contribution in [0, 0.1) is 21.7 Å². The van der Waals surface area contributed by atoms with Gasteiger partial charge in [-0.2, -0.15) is 4.39 Å². The molecule has 0 amide bonds. The summed E-state index contributed by atoms with van der Waals surface area (Å²) in [7, 11) is 0. The van der Waals surface area contributed by atoms with Gasteiger partial charge in [0.15, 0.2) is 11.6 Å². The summed E-state index contributed by atoms with van der Waals surface area (Å²) >= 11 is 2.48. The number of benzene rings is 1. The first-order chi connectivity index (χ1) is 5.95. The minimum Gasteiger partial charge on any atom is -0.504 e. The molecule has 7 heteroatoms. The highest BCUT2D eigenvalue weighted by Gasteiger charge is 2.23. The molecule has 0 aliphatic carbocycles. The maximum Gasteiger partial charge on any atom is 0.309 e. The number of nitro benzene ring substituents is 1. The minimum atomic E-state index is -1.30. The Bertz CT molecular complexity index is 383. The van der Waals surface area contributed by atoms with Crippen molar-refractivity contribution < 1.29 is 18.8 Å². The molecule has 0 heterocycles. The van der Waals surface area contributed by atoms with E-state index in [0.717, 1.165) is 0 Å². The molecule has 0 saturated heterocycles. The van der Waals surface area contributed by atoms with Crippen molar-refractivity contribution in [3.63, 3.8) is 0 Å². The fraction of sp³-hybridized carbons (Fsp3) is 0. The Labute approximate surface area is 79.1 Å². The topological polar surface area (TPSA) is 63.4 Å². The van der Waals surface area contributed by atoms with Crippen molar-refractivity contribution in [2.45, 2.75) is 0 Å². The molecule has 1 rings (SSSR count). The van der Waals surface area contributed by atoms with Gasteiger partial charge < -0.3 is 5.11 Å². The van der Waals surface area contributed by atoms with Crippen LogP contribution in [0.1, 0.15) is 0 Å². The fourth-order valence-corrected chi connectivity index (χ4v) is 1.10. The molecule has 0 aliphatic heterocycles. The molecule has 70 valence electrons. The quantitative estimate of drug-likeness (QED) is 0.475. The lowest BCUT2D eigenvalue weighted by atomic mass is 10.3. The molecule has 1 aromatic rings. The largest absolute Gasteiger partial charge is 0.504 e. The van der Waals surface area contributed by atoms with Gasteiger partial charge in [0, 0.05) is 0 Å². The molecule has 0 unspecified atom stereocenters. The van der Waals surface area contributed by atoms with E-state index in [0.29, 0.717) is 6.07 Å². The van der Waals surface area contributed by atoms with E-state index in [1.54, 1.807) is 0 Å². The van der Waals surface area contributed by atoms with Crippen LogP contribution in [0.15, 0.2) is 10.5 Å². The van der Waals surface area contributed by atoms with Gasteiger partial charge in [0.25, 0.3) is 0 Å². The lowest BCUT2D eigenvalue weighted by Gasteiger charge is -2.00. The molecule has 0 bridgehead atoms. The Morgan fingerprint density at radius 1 is 1.54 bits per heavy atom. The molecule has 0 fully saturated rings. The van der Waals surface area contributed by atoms with Gasteiger partial charge in [0.2, 0.25) is 5.82 Å². The van der Waals surface area contributed by atoms with E-state index in [1.807, 2.05) is 0 Å². The molecular weight excluding hydrogens is 252 g/mol. The van der Waals surface area contributed by atoms with Crippen molar-refractivity contribution in [3.8, 4) is 5.75 Å². The molecule has 0 saturated carbocycles. The molecule has 1 N–H and O–H groups in total. The van der Waals surface area contributed by atoms with Crippen LogP contribution in [0.2, 0.25) is 0 Å². The molecular formula is C6H2BrF2NO3. The number of aromatic hydroxyl groups is 1. The first kappa shape index (κ1) is 9.85. The standard InChI is InChI=1S/C6H2BrF2NO3/c7-4-5(9)3(10(12)13)1-2(8)6(4)11/h1,11H. The molecule has 0 aromatic heterocycles. The highest BCUT2D eigenvalue weighted by atomic mass is 79.9. The van der Waals surface area contributed by atoms with Crippen molar-refractivity contribution in [2.24, 2.45) is 0 Å². The van der Waals surface area contributed by atoms with Gasteiger partial charge in [0.1, 0.15) is 4.47 Å². The Morgan fingerprint density at radius 3 is 2.54 bits per heavy atom. The lowest BCUT2D eigenvalue weighted by Crippen LogP contribution is -1.95. The number of rotatable bonds is 1. The van der Waals surface area contributed by atoms with Gasteiger partial charge in [-0.3, -0.25) is 10.1 Å². The maximum atomic E-state index is 12.9.